The SMILES string of the molecule is CC(C)(C)c1cc(Oc2[c-]c3c(cc2)c2ccccc2n3-c2cc(C(C)(C)C)ccn2)[c-]c(N2[CH-]N(c3cc4c5c(c3)C(C)(C)c3cccc6c3N5c3c(cccc3C4(C)C)S6)c3ccccc32)c1.[Pt]. The van der Waals surface area contributed by atoms with Gasteiger partial charge in [0, 0.05) is 82.0 Å². The van der Waals surface area contributed by atoms with E-state index >= 15 is 0 Å². The smallest absolute Gasteiger partial charge is 0.135 e. The van der Waals surface area contributed by atoms with Gasteiger partial charge in [-0.25, -0.2) is 4.98 Å². The summed E-state index contributed by atoms with van der Waals surface area (Å²) < 4.78 is 9.12. The van der Waals surface area contributed by atoms with Crippen molar-refractivity contribution in [3.05, 3.63) is 192 Å². The molecule has 70 heavy (non-hydrogen) atoms. The third kappa shape index (κ3) is 6.53. The zero-order valence-corrected chi connectivity index (χ0v) is 44.3. The van der Waals surface area contributed by atoms with E-state index in [0.717, 1.165) is 55.9 Å². The minimum atomic E-state index is -0.246. The number of aromatic nitrogens is 2. The number of rotatable bonds is 5. The van der Waals surface area contributed by atoms with Crippen molar-refractivity contribution in [1.82, 2.24) is 9.55 Å². The van der Waals surface area contributed by atoms with Gasteiger partial charge >= 0.3 is 0 Å². The summed E-state index contributed by atoms with van der Waals surface area (Å²) in [5.74, 6) is 2.10. The Morgan fingerprint density at radius 2 is 1.20 bits per heavy atom. The molecule has 0 saturated carbocycles. The van der Waals surface area contributed by atoms with Crippen molar-refractivity contribution in [2.75, 3.05) is 14.7 Å². The molecule has 0 aliphatic carbocycles. The first-order valence-corrected chi connectivity index (χ1v) is 24.9. The van der Waals surface area contributed by atoms with Crippen LogP contribution in [-0.4, -0.2) is 9.55 Å². The van der Waals surface area contributed by atoms with Crippen molar-refractivity contribution in [2.45, 2.75) is 101 Å². The van der Waals surface area contributed by atoms with E-state index in [1.807, 2.05) is 24.0 Å². The third-order valence-electron chi connectivity index (χ3n) is 15.2. The average Bonchev–Trinajstić information content (AvgIpc) is 3.87. The van der Waals surface area contributed by atoms with Crippen LogP contribution >= 0.6 is 11.8 Å². The Morgan fingerprint density at radius 3 is 1.86 bits per heavy atom. The number of ether oxygens (including phenoxy) is 1. The van der Waals surface area contributed by atoms with E-state index < -0.39 is 0 Å². The van der Waals surface area contributed by atoms with Crippen molar-refractivity contribution in [3.8, 4) is 17.3 Å². The summed E-state index contributed by atoms with van der Waals surface area (Å²) in [5.41, 5.74) is 17.3. The maximum Gasteiger partial charge on any atom is 0.135 e. The van der Waals surface area contributed by atoms with E-state index in [9.17, 15) is 0 Å². The first kappa shape index (κ1) is 44.9. The Kier molecular flexibility index (Phi) is 9.86. The molecule has 7 aromatic carbocycles. The molecule has 2 aromatic heterocycles. The Morgan fingerprint density at radius 1 is 0.571 bits per heavy atom. The summed E-state index contributed by atoms with van der Waals surface area (Å²) in [4.78, 5) is 14.8. The van der Waals surface area contributed by atoms with E-state index in [-0.39, 0.29) is 42.7 Å². The van der Waals surface area contributed by atoms with E-state index in [2.05, 4.69) is 235 Å². The van der Waals surface area contributed by atoms with Crippen LogP contribution in [0.2, 0.25) is 0 Å². The molecule has 352 valence electrons. The topological polar surface area (TPSA) is 36.8 Å². The molecule has 9 aromatic rings. The third-order valence-corrected chi connectivity index (χ3v) is 16.3. The van der Waals surface area contributed by atoms with Gasteiger partial charge in [-0.1, -0.05) is 141 Å². The van der Waals surface area contributed by atoms with Crippen LogP contribution in [0.5, 0.6) is 11.5 Å². The Hall–Kier alpha value is -6.27. The predicted octanol–water partition coefficient (Wildman–Crippen LogP) is 16.8. The van der Waals surface area contributed by atoms with Gasteiger partial charge in [0.15, 0.2) is 0 Å². The number of hydrogen-bond donors (Lipinski definition) is 0. The molecular formula is C62H54N5OPtS-3. The zero-order valence-electron chi connectivity index (χ0n) is 41.2. The van der Waals surface area contributed by atoms with E-state index in [0.29, 0.717) is 11.5 Å². The summed E-state index contributed by atoms with van der Waals surface area (Å²) in [6, 6.07) is 56.3. The number of para-hydroxylation sites is 5. The Balaban J connectivity index is 0.00000505. The summed E-state index contributed by atoms with van der Waals surface area (Å²) in [6.07, 6.45) is 1.91. The standard InChI is InChI=1S/C62H54N5OS.Pt/c1-59(2,3)37-27-28-63-55(31-37)66-49-20-12-11-17-43(49)44-26-25-41(35-52(44)66)68-42-30-38(60(4,5)6)29-39(32-42)64-36-65(51-22-14-13-21-50(51)64)40-33-47-56-48(34-40)62(9,10)46-19-16-24-54-58(46)67(56)57-45(61(47,7)8)18-15-23-53(57)69-54;/h11-31,33-34,36H,1-10H3;/q-3;. The second kappa shape index (κ2) is 15.4. The maximum atomic E-state index is 6.91. The summed E-state index contributed by atoms with van der Waals surface area (Å²) in [6.45, 7) is 25.4. The molecule has 4 aliphatic rings. The number of nitrogens with zero attached hydrogens (tertiary/aromatic N) is 5. The van der Waals surface area contributed by atoms with Gasteiger partial charge in [-0.15, -0.1) is 53.6 Å². The van der Waals surface area contributed by atoms with Crippen LogP contribution in [0.1, 0.15) is 103 Å². The fraction of sp³-hybridized carbons (Fsp3) is 0.226. The van der Waals surface area contributed by atoms with Crippen molar-refractivity contribution < 1.29 is 25.8 Å². The average molecular weight is 1110 g/mol. The summed E-state index contributed by atoms with van der Waals surface area (Å²) in [5, 5.41) is 2.24. The van der Waals surface area contributed by atoms with Crippen LogP contribution < -0.4 is 19.4 Å². The van der Waals surface area contributed by atoms with Gasteiger partial charge < -0.3 is 24.0 Å². The second-order valence-corrected chi connectivity index (χ2v) is 23.4. The van der Waals surface area contributed by atoms with E-state index in [1.54, 1.807) is 0 Å². The Labute approximate surface area is 430 Å². The van der Waals surface area contributed by atoms with Crippen LogP contribution in [0.4, 0.5) is 39.8 Å². The molecule has 0 saturated heterocycles. The number of anilines is 7. The molecule has 6 nitrogen and oxygen atoms in total. The number of benzene rings is 7. The molecule has 0 unspecified atom stereocenters. The molecule has 8 heteroatoms. The summed E-state index contributed by atoms with van der Waals surface area (Å²) >= 11 is 1.91. The molecule has 0 bridgehead atoms. The van der Waals surface area contributed by atoms with Crippen molar-refractivity contribution in [1.29, 1.82) is 0 Å². The molecule has 0 spiro atoms. The second-order valence-electron chi connectivity index (χ2n) is 22.3. The fourth-order valence-electron chi connectivity index (χ4n) is 11.3. The first-order chi connectivity index (χ1) is 33.0. The molecule has 0 radical (unpaired) electrons. The van der Waals surface area contributed by atoms with Crippen LogP contribution in [0.25, 0.3) is 27.6 Å². The van der Waals surface area contributed by atoms with Crippen LogP contribution in [0.15, 0.2) is 149 Å². The molecule has 4 aliphatic heterocycles. The van der Waals surface area contributed by atoms with Crippen LogP contribution in [-0.2, 0) is 42.7 Å². The number of pyridine rings is 1. The van der Waals surface area contributed by atoms with E-state index in [4.69, 9.17) is 9.72 Å². The van der Waals surface area contributed by atoms with Crippen molar-refractivity contribution in [3.63, 3.8) is 0 Å². The Bertz CT molecular complexity index is 3580. The van der Waals surface area contributed by atoms with Gasteiger partial charge in [-0.3, -0.25) is 0 Å². The number of hydrogen-bond acceptors (Lipinski definition) is 6. The van der Waals surface area contributed by atoms with Crippen LogP contribution in [0.3, 0.4) is 0 Å². The largest absolute Gasteiger partial charge is 0.509 e. The molecular weight excluding hydrogens is 1060 g/mol. The predicted molar refractivity (Wildman–Crippen MR) is 285 cm³/mol. The first-order valence-electron chi connectivity index (χ1n) is 24.1. The fourth-order valence-corrected chi connectivity index (χ4v) is 12.5. The minimum absolute atomic E-state index is 0. The van der Waals surface area contributed by atoms with Gasteiger partial charge in [0.1, 0.15) is 5.82 Å². The van der Waals surface area contributed by atoms with E-state index in [1.165, 1.54) is 54.7 Å². The number of fused-ring (bicyclic) bond motifs is 4. The van der Waals surface area contributed by atoms with Gasteiger partial charge in [0.25, 0.3) is 0 Å². The molecule has 6 heterocycles. The quantitative estimate of drug-likeness (QED) is 0.160. The van der Waals surface area contributed by atoms with Gasteiger partial charge in [0.05, 0.1) is 17.1 Å². The molecule has 0 atom stereocenters. The van der Waals surface area contributed by atoms with Crippen LogP contribution in [0, 0.1) is 18.8 Å². The van der Waals surface area contributed by atoms with Crippen molar-refractivity contribution >= 4 is 73.4 Å². The molecule has 0 fully saturated rings. The van der Waals surface area contributed by atoms with Crippen molar-refractivity contribution in [2.24, 2.45) is 0 Å². The summed E-state index contributed by atoms with van der Waals surface area (Å²) in [7, 11) is 0. The van der Waals surface area contributed by atoms with Gasteiger partial charge in [-0.2, -0.15) is 6.07 Å². The normalized spacial score (nSPS) is 15.8. The van der Waals surface area contributed by atoms with Gasteiger partial charge in [0.2, 0.25) is 0 Å². The molecule has 0 amide bonds. The van der Waals surface area contributed by atoms with Gasteiger partial charge in [-0.05, 0) is 98.6 Å². The minimum Gasteiger partial charge on any atom is -0.509 e. The molecule has 0 N–H and O–H groups in total. The maximum absolute atomic E-state index is 6.91. The zero-order chi connectivity index (χ0) is 47.5. The monoisotopic (exact) mass is 1110 g/mol. The molecule has 13 rings (SSSR count).